The molecular weight excluding hydrogens is 686 g/mol. The van der Waals surface area contributed by atoms with Crippen molar-refractivity contribution >= 4 is 40.6 Å². The van der Waals surface area contributed by atoms with Crippen LogP contribution < -0.4 is 11.1 Å². The molecule has 274 valence electrons. The maximum atomic E-state index is 14.0. The summed E-state index contributed by atoms with van der Waals surface area (Å²) in [5.41, 5.74) is 1.12. The van der Waals surface area contributed by atoms with Crippen molar-refractivity contribution in [1.82, 2.24) is 19.6 Å². The Morgan fingerprint density at radius 3 is 2.04 bits per heavy atom. The first-order valence-electron chi connectivity index (χ1n) is 17.2. The van der Waals surface area contributed by atoms with Gasteiger partial charge in [-0.1, -0.05) is 6.42 Å². The van der Waals surface area contributed by atoms with E-state index in [0.29, 0.717) is 76.6 Å². The van der Waals surface area contributed by atoms with Crippen LogP contribution in [0.3, 0.4) is 0 Å². The molecule has 0 aliphatic carbocycles. The Bertz CT molecular complexity index is 1520. The number of amides is 4. The first-order chi connectivity index (χ1) is 23.7. The third-order valence-electron chi connectivity index (χ3n) is 10.6. The van der Waals surface area contributed by atoms with Crippen LogP contribution in [0.4, 0.5) is 42.5 Å². The number of rotatable bonds is 7. The number of likely N-dealkylation sites (tertiary alicyclic amines) is 3. The number of nitrogen functional groups attached to an aromatic ring is 1. The highest BCUT2D eigenvalue weighted by Crippen LogP contribution is 2.42. The number of piperidine rings is 3. The Kier molecular flexibility index (Phi) is 10.6. The topological polar surface area (TPSA) is 102 Å². The van der Waals surface area contributed by atoms with Gasteiger partial charge in [0.2, 0.25) is 11.8 Å². The Morgan fingerprint density at radius 1 is 0.860 bits per heavy atom. The zero-order chi connectivity index (χ0) is 35.8. The summed E-state index contributed by atoms with van der Waals surface area (Å²) in [6, 6.07) is 2.94. The minimum absolute atomic E-state index is 0.121. The molecule has 4 aliphatic heterocycles. The average Bonchev–Trinajstić information content (AvgIpc) is 3.54. The fraction of sp³-hybridized carbons (Fsp3) is 0.618. The standard InChI is InChI=1S/C34H42F6N6O3S/c35-33(36,37)25-17-21(18-26(30(25)41)34(38,39)40)16-22(31(48)45-13-4-23(5-14-45)43-9-2-1-3-10-43)19-29(47)44-11-6-24(7-12-44)46-20-28-27(8-15-50-28)42-32(46)49/h8,15,17-18,22-24H,1-7,9-14,16,19-20,41H2,(H,42,49)/t22-/m0/s1. The van der Waals surface area contributed by atoms with Crippen molar-refractivity contribution in [3.63, 3.8) is 0 Å². The number of hydrogen-bond donors (Lipinski definition) is 2. The summed E-state index contributed by atoms with van der Waals surface area (Å²) in [5, 5.41) is 4.79. The molecule has 1 atom stereocenters. The molecule has 5 heterocycles. The van der Waals surface area contributed by atoms with Gasteiger partial charge in [-0.3, -0.25) is 9.59 Å². The van der Waals surface area contributed by atoms with Crippen LogP contribution in [0.1, 0.15) is 72.9 Å². The number of fused-ring (bicyclic) bond motifs is 1. The second-order valence-electron chi connectivity index (χ2n) is 13.8. The zero-order valence-corrected chi connectivity index (χ0v) is 28.4. The van der Waals surface area contributed by atoms with E-state index >= 15 is 0 Å². The highest BCUT2D eigenvalue weighted by molar-refractivity contribution is 7.10. The van der Waals surface area contributed by atoms with Crippen molar-refractivity contribution in [1.29, 1.82) is 0 Å². The monoisotopic (exact) mass is 728 g/mol. The van der Waals surface area contributed by atoms with Gasteiger partial charge < -0.3 is 30.7 Å². The first-order valence-corrected chi connectivity index (χ1v) is 18.1. The number of benzene rings is 1. The zero-order valence-electron chi connectivity index (χ0n) is 27.6. The normalized spacial score (nSPS) is 20.8. The van der Waals surface area contributed by atoms with Gasteiger partial charge in [0.25, 0.3) is 0 Å². The van der Waals surface area contributed by atoms with Gasteiger partial charge in [-0.25, -0.2) is 4.79 Å². The van der Waals surface area contributed by atoms with Gasteiger partial charge in [-0.15, -0.1) is 11.3 Å². The molecule has 3 saturated heterocycles. The van der Waals surface area contributed by atoms with Crippen LogP contribution in [0, 0.1) is 5.92 Å². The molecule has 50 heavy (non-hydrogen) atoms. The van der Waals surface area contributed by atoms with E-state index in [4.69, 9.17) is 5.73 Å². The van der Waals surface area contributed by atoms with E-state index < -0.39 is 53.3 Å². The number of carbonyl (C=O) groups is 3. The minimum atomic E-state index is -5.16. The van der Waals surface area contributed by atoms with Crippen molar-refractivity contribution in [3.8, 4) is 0 Å². The number of anilines is 2. The summed E-state index contributed by atoms with van der Waals surface area (Å²) in [6.07, 6.45) is -5.38. The smallest absolute Gasteiger partial charge is 0.398 e. The largest absolute Gasteiger partial charge is 0.418 e. The second-order valence-corrected chi connectivity index (χ2v) is 14.8. The number of alkyl halides is 6. The van der Waals surface area contributed by atoms with Gasteiger partial charge in [0.15, 0.2) is 0 Å². The van der Waals surface area contributed by atoms with E-state index in [1.807, 2.05) is 11.4 Å². The number of thiophene rings is 1. The number of halogens is 6. The van der Waals surface area contributed by atoms with Gasteiger partial charge in [-0.05, 0) is 87.2 Å². The third kappa shape index (κ3) is 8.00. The Morgan fingerprint density at radius 2 is 1.44 bits per heavy atom. The summed E-state index contributed by atoms with van der Waals surface area (Å²) in [6.45, 7) is 3.82. The SMILES string of the molecule is Nc1c(C(F)(F)F)cc(C[C@@H](CC(=O)N2CCC(N3Cc4sccc4NC3=O)CC2)C(=O)N2CCC(N3CCCCC3)CC2)cc1C(F)(F)F. The molecule has 9 nitrogen and oxygen atoms in total. The molecule has 6 rings (SSSR count). The summed E-state index contributed by atoms with van der Waals surface area (Å²) < 4.78 is 83.2. The molecule has 1 aromatic carbocycles. The van der Waals surface area contributed by atoms with Crippen molar-refractivity contribution in [2.24, 2.45) is 5.92 Å². The van der Waals surface area contributed by atoms with Gasteiger partial charge in [-0.2, -0.15) is 26.3 Å². The number of hydrogen-bond acceptors (Lipinski definition) is 6. The molecule has 4 aliphatic rings. The highest BCUT2D eigenvalue weighted by Gasteiger charge is 2.42. The molecule has 0 bridgehead atoms. The molecule has 0 saturated carbocycles. The average molecular weight is 729 g/mol. The van der Waals surface area contributed by atoms with Crippen molar-refractivity contribution in [2.45, 2.75) is 88.8 Å². The van der Waals surface area contributed by atoms with E-state index in [1.165, 1.54) is 6.42 Å². The first kappa shape index (κ1) is 36.3. The van der Waals surface area contributed by atoms with Crippen molar-refractivity contribution in [3.05, 3.63) is 45.1 Å². The van der Waals surface area contributed by atoms with Crippen molar-refractivity contribution < 1.29 is 40.7 Å². The van der Waals surface area contributed by atoms with E-state index in [2.05, 4.69) is 10.2 Å². The minimum Gasteiger partial charge on any atom is -0.398 e. The second kappa shape index (κ2) is 14.6. The molecule has 0 spiro atoms. The fourth-order valence-electron chi connectivity index (χ4n) is 7.87. The lowest BCUT2D eigenvalue weighted by Crippen LogP contribution is -2.52. The van der Waals surface area contributed by atoms with Crippen LogP contribution >= 0.6 is 11.3 Å². The highest BCUT2D eigenvalue weighted by atomic mass is 32.1. The Balaban J connectivity index is 1.18. The summed E-state index contributed by atoms with van der Waals surface area (Å²) in [5.74, 6) is -2.04. The quantitative estimate of drug-likeness (QED) is 0.253. The van der Waals surface area contributed by atoms with Gasteiger partial charge in [0, 0.05) is 49.6 Å². The molecule has 2 aromatic rings. The molecule has 1 aromatic heterocycles. The molecular formula is C34H42F6N6O3S. The maximum Gasteiger partial charge on any atom is 0.418 e. The van der Waals surface area contributed by atoms with Gasteiger partial charge in [0.05, 0.1) is 35.0 Å². The Hall–Kier alpha value is -3.53. The number of nitrogens with two attached hydrogens (primary N) is 1. The number of urea groups is 1. The fourth-order valence-corrected chi connectivity index (χ4v) is 8.70. The summed E-state index contributed by atoms with van der Waals surface area (Å²) >= 11 is 1.54. The van der Waals surface area contributed by atoms with E-state index in [9.17, 15) is 40.7 Å². The van der Waals surface area contributed by atoms with E-state index in [0.717, 1.165) is 36.5 Å². The van der Waals surface area contributed by atoms with Crippen LogP contribution in [-0.2, 0) is 34.9 Å². The van der Waals surface area contributed by atoms with Crippen LogP contribution in [-0.4, -0.2) is 88.8 Å². The Labute approximate surface area is 290 Å². The molecule has 3 N–H and O–H groups in total. The molecule has 0 radical (unpaired) electrons. The number of nitrogens with one attached hydrogen (secondary N) is 1. The summed E-state index contributed by atoms with van der Waals surface area (Å²) in [4.78, 5) is 48.9. The van der Waals surface area contributed by atoms with E-state index in [-0.39, 0.29) is 24.1 Å². The van der Waals surface area contributed by atoms with Gasteiger partial charge >= 0.3 is 18.4 Å². The maximum absolute atomic E-state index is 14.0. The predicted molar refractivity (Wildman–Crippen MR) is 176 cm³/mol. The summed E-state index contributed by atoms with van der Waals surface area (Å²) in [7, 11) is 0. The third-order valence-corrected chi connectivity index (χ3v) is 11.5. The molecule has 0 unspecified atom stereocenters. The molecule has 4 amide bonds. The van der Waals surface area contributed by atoms with Crippen molar-refractivity contribution in [2.75, 3.05) is 50.3 Å². The lowest BCUT2D eigenvalue weighted by atomic mass is 9.89. The van der Waals surface area contributed by atoms with Crippen LogP contribution in [0.5, 0.6) is 0 Å². The molecule has 3 fully saturated rings. The van der Waals surface area contributed by atoms with Gasteiger partial charge in [0.1, 0.15) is 0 Å². The number of nitrogens with zero attached hydrogens (tertiary/aromatic N) is 4. The molecule has 16 heteroatoms. The van der Waals surface area contributed by atoms with Crippen LogP contribution in [0.2, 0.25) is 0 Å². The van der Waals surface area contributed by atoms with Crippen LogP contribution in [0.15, 0.2) is 23.6 Å². The lowest BCUT2D eigenvalue weighted by molar-refractivity contribution is -0.143. The van der Waals surface area contributed by atoms with E-state index in [1.54, 1.807) is 26.0 Å². The number of carbonyl (C=O) groups excluding carboxylic acids is 3. The predicted octanol–water partition coefficient (Wildman–Crippen LogP) is 6.43. The van der Waals surface area contributed by atoms with Crippen LogP contribution in [0.25, 0.3) is 0 Å². The lowest BCUT2D eigenvalue weighted by Gasteiger charge is -2.41.